The topological polar surface area (TPSA) is 84.7 Å². The monoisotopic (exact) mass is 338 g/mol. The average molecular weight is 338 g/mol. The van der Waals surface area contributed by atoms with Crippen molar-refractivity contribution in [1.82, 2.24) is 30.6 Å². The van der Waals surface area contributed by atoms with Gasteiger partial charge in [0.1, 0.15) is 0 Å². The quantitative estimate of drug-likeness (QED) is 0.716. The molecule has 0 saturated heterocycles. The first kappa shape index (κ1) is 17.0. The number of carbonyl (C=O) groups excluding carboxylic acids is 1. The second-order valence-electron chi connectivity index (χ2n) is 5.95. The van der Waals surface area contributed by atoms with Crippen LogP contribution in [0.2, 0.25) is 0 Å². The molecule has 0 aliphatic carbocycles. The molecule has 2 heterocycles. The number of likely N-dealkylation sites (N-methyl/N-ethyl adjacent to an activating group) is 1. The third-order valence-corrected chi connectivity index (χ3v) is 4.08. The lowest BCUT2D eigenvalue weighted by molar-refractivity contribution is 0.0944. The van der Waals surface area contributed by atoms with Gasteiger partial charge in [0.25, 0.3) is 5.91 Å². The molecule has 130 valence electrons. The number of rotatable bonds is 6. The minimum atomic E-state index is -0.216. The number of nitrogens with zero attached hydrogens (tertiary/aromatic N) is 4. The summed E-state index contributed by atoms with van der Waals surface area (Å²) in [5.41, 5.74) is 2.77. The number of carbonyl (C=O) groups is 1. The molecule has 0 fully saturated rings. The lowest BCUT2D eigenvalue weighted by atomic mass is 10.2. The highest BCUT2D eigenvalue weighted by Gasteiger charge is 2.18. The van der Waals surface area contributed by atoms with Gasteiger partial charge in [0.15, 0.2) is 5.69 Å². The predicted octanol–water partition coefficient (Wildman–Crippen LogP) is 1.85. The van der Waals surface area contributed by atoms with Crippen molar-refractivity contribution < 1.29 is 4.79 Å². The molecule has 0 bridgehead atoms. The number of fused-ring (bicyclic) bond motifs is 1. The van der Waals surface area contributed by atoms with Crippen molar-refractivity contribution in [3.05, 3.63) is 47.9 Å². The number of hydrogen-bond acceptors (Lipinski definition) is 5. The summed E-state index contributed by atoms with van der Waals surface area (Å²) >= 11 is 0. The fraction of sp³-hybridized carbons (Fsp3) is 0.333. The van der Waals surface area contributed by atoms with Gasteiger partial charge in [-0.05, 0) is 44.7 Å². The second-order valence-corrected chi connectivity index (χ2v) is 5.95. The molecular weight excluding hydrogens is 316 g/mol. The number of pyridine rings is 1. The van der Waals surface area contributed by atoms with Crippen molar-refractivity contribution in [2.75, 3.05) is 13.1 Å². The van der Waals surface area contributed by atoms with E-state index in [0.717, 1.165) is 23.1 Å². The Labute approximate surface area is 146 Å². The van der Waals surface area contributed by atoms with Gasteiger partial charge >= 0.3 is 0 Å². The van der Waals surface area contributed by atoms with E-state index in [1.807, 2.05) is 51.1 Å². The molecular formula is C18H22N6O. The summed E-state index contributed by atoms with van der Waals surface area (Å²) in [5, 5.41) is 15.4. The Hall–Kier alpha value is -2.80. The molecule has 0 saturated carbocycles. The Bertz CT molecular complexity index is 883. The van der Waals surface area contributed by atoms with E-state index < -0.39 is 0 Å². The smallest absolute Gasteiger partial charge is 0.273 e. The summed E-state index contributed by atoms with van der Waals surface area (Å²) in [6, 6.07) is 9.88. The zero-order chi connectivity index (χ0) is 17.8. The summed E-state index contributed by atoms with van der Waals surface area (Å²) in [6.07, 6.45) is 1.75. The molecule has 25 heavy (non-hydrogen) atoms. The average Bonchev–Trinajstić information content (AvgIpc) is 3.01. The highest BCUT2D eigenvalue weighted by Crippen LogP contribution is 2.21. The number of amides is 1. The van der Waals surface area contributed by atoms with E-state index in [9.17, 15) is 4.79 Å². The lowest BCUT2D eigenvalue weighted by Gasteiger charge is -2.12. The summed E-state index contributed by atoms with van der Waals surface area (Å²) in [5.74, 6) is -0.216. The fourth-order valence-electron chi connectivity index (χ4n) is 2.79. The number of aromatic nitrogens is 4. The first-order valence-corrected chi connectivity index (χ1v) is 8.39. The highest BCUT2D eigenvalue weighted by atomic mass is 16.2. The zero-order valence-corrected chi connectivity index (χ0v) is 14.7. The van der Waals surface area contributed by atoms with Crippen LogP contribution in [-0.4, -0.2) is 45.0 Å². The van der Waals surface area contributed by atoms with Crippen LogP contribution in [-0.2, 0) is 0 Å². The zero-order valence-electron chi connectivity index (χ0n) is 14.7. The Morgan fingerprint density at radius 3 is 2.92 bits per heavy atom. The standard InChI is InChI=1S/C18H22N6O/c1-4-19-12(2)11-21-18(25)17-13(3)24(23-22-17)16-9-5-8-15-14(16)7-6-10-20-15/h5-10,12,19H,4,11H2,1-3H3,(H,21,25)/t12-/m1/s1. The maximum atomic E-state index is 12.4. The number of nitrogens with one attached hydrogen (secondary N) is 2. The first-order valence-electron chi connectivity index (χ1n) is 8.39. The SMILES string of the molecule is CCN[C@H](C)CNC(=O)c1nnn(-c2cccc3ncccc23)c1C. The Morgan fingerprint density at radius 1 is 1.28 bits per heavy atom. The molecule has 2 aromatic heterocycles. The van der Waals surface area contributed by atoms with E-state index in [-0.39, 0.29) is 11.9 Å². The van der Waals surface area contributed by atoms with Gasteiger partial charge in [-0.1, -0.05) is 18.2 Å². The molecule has 0 aliphatic heterocycles. The second kappa shape index (κ2) is 7.40. The Morgan fingerprint density at radius 2 is 2.12 bits per heavy atom. The van der Waals surface area contributed by atoms with Crippen molar-refractivity contribution in [3.63, 3.8) is 0 Å². The molecule has 0 radical (unpaired) electrons. The summed E-state index contributed by atoms with van der Waals surface area (Å²) in [6.45, 7) is 7.31. The lowest BCUT2D eigenvalue weighted by Crippen LogP contribution is -2.39. The van der Waals surface area contributed by atoms with Gasteiger partial charge in [0.05, 0.1) is 16.9 Å². The van der Waals surface area contributed by atoms with E-state index in [2.05, 4.69) is 25.9 Å². The van der Waals surface area contributed by atoms with Crippen LogP contribution in [0.1, 0.15) is 30.0 Å². The van der Waals surface area contributed by atoms with E-state index in [1.54, 1.807) is 10.9 Å². The molecule has 7 heteroatoms. The largest absolute Gasteiger partial charge is 0.349 e. The van der Waals surface area contributed by atoms with Crippen LogP contribution in [0.5, 0.6) is 0 Å². The first-order chi connectivity index (χ1) is 12.1. The van der Waals surface area contributed by atoms with Crippen molar-refractivity contribution in [2.45, 2.75) is 26.8 Å². The van der Waals surface area contributed by atoms with Crippen molar-refractivity contribution in [2.24, 2.45) is 0 Å². The van der Waals surface area contributed by atoms with Gasteiger partial charge in [-0.2, -0.15) is 0 Å². The molecule has 0 unspecified atom stereocenters. The summed E-state index contributed by atoms with van der Waals surface area (Å²) in [4.78, 5) is 16.8. The Balaban J connectivity index is 1.87. The third-order valence-electron chi connectivity index (χ3n) is 4.08. The van der Waals surface area contributed by atoms with Crippen LogP contribution >= 0.6 is 0 Å². The molecule has 1 amide bonds. The summed E-state index contributed by atoms with van der Waals surface area (Å²) < 4.78 is 1.69. The minimum absolute atomic E-state index is 0.202. The van der Waals surface area contributed by atoms with Crippen LogP contribution in [0.3, 0.4) is 0 Å². The maximum Gasteiger partial charge on any atom is 0.273 e. The van der Waals surface area contributed by atoms with Crippen LogP contribution in [0.25, 0.3) is 16.6 Å². The van der Waals surface area contributed by atoms with Crippen LogP contribution in [0.15, 0.2) is 36.5 Å². The normalized spacial score (nSPS) is 12.3. The molecule has 0 spiro atoms. The molecule has 0 aliphatic rings. The minimum Gasteiger partial charge on any atom is -0.349 e. The van der Waals surface area contributed by atoms with Crippen LogP contribution in [0, 0.1) is 6.92 Å². The molecule has 1 atom stereocenters. The van der Waals surface area contributed by atoms with Crippen molar-refractivity contribution in [1.29, 1.82) is 0 Å². The van der Waals surface area contributed by atoms with E-state index >= 15 is 0 Å². The number of benzene rings is 1. The van der Waals surface area contributed by atoms with Crippen LogP contribution in [0.4, 0.5) is 0 Å². The summed E-state index contributed by atoms with van der Waals surface area (Å²) in [7, 11) is 0. The van der Waals surface area contributed by atoms with E-state index in [0.29, 0.717) is 17.9 Å². The van der Waals surface area contributed by atoms with Gasteiger partial charge in [0, 0.05) is 24.2 Å². The third kappa shape index (κ3) is 3.51. The fourth-order valence-corrected chi connectivity index (χ4v) is 2.79. The molecule has 3 rings (SSSR count). The molecule has 2 N–H and O–H groups in total. The highest BCUT2D eigenvalue weighted by molar-refractivity contribution is 5.94. The predicted molar refractivity (Wildman–Crippen MR) is 96.9 cm³/mol. The van der Waals surface area contributed by atoms with Gasteiger partial charge in [0.2, 0.25) is 0 Å². The van der Waals surface area contributed by atoms with E-state index in [1.165, 1.54) is 0 Å². The van der Waals surface area contributed by atoms with Crippen molar-refractivity contribution in [3.8, 4) is 5.69 Å². The van der Waals surface area contributed by atoms with Gasteiger partial charge in [-0.15, -0.1) is 5.10 Å². The molecule has 7 nitrogen and oxygen atoms in total. The van der Waals surface area contributed by atoms with E-state index in [4.69, 9.17) is 0 Å². The number of hydrogen-bond donors (Lipinski definition) is 2. The molecule has 1 aromatic carbocycles. The van der Waals surface area contributed by atoms with Crippen LogP contribution < -0.4 is 10.6 Å². The van der Waals surface area contributed by atoms with Gasteiger partial charge < -0.3 is 10.6 Å². The Kier molecular flexibility index (Phi) is 5.04. The maximum absolute atomic E-state index is 12.4. The van der Waals surface area contributed by atoms with Gasteiger partial charge in [-0.25, -0.2) is 4.68 Å². The molecule has 3 aromatic rings. The van der Waals surface area contributed by atoms with Crippen molar-refractivity contribution >= 4 is 16.8 Å². The van der Waals surface area contributed by atoms with Gasteiger partial charge in [-0.3, -0.25) is 9.78 Å².